The van der Waals surface area contributed by atoms with Crippen LogP contribution in [0.5, 0.6) is 0 Å². The van der Waals surface area contributed by atoms with Crippen molar-refractivity contribution < 1.29 is 24.5 Å². The number of carbonyl (C=O) groups excluding carboxylic acids is 1. The maximum absolute atomic E-state index is 11.8. The van der Waals surface area contributed by atoms with Gasteiger partial charge in [0.15, 0.2) is 0 Å². The topological polar surface area (TPSA) is 87.1 Å². The highest BCUT2D eigenvalue weighted by Crippen LogP contribution is 2.20. The summed E-state index contributed by atoms with van der Waals surface area (Å²) in [5.41, 5.74) is -0.657. The van der Waals surface area contributed by atoms with Crippen LogP contribution >= 0.6 is 0 Å². The maximum atomic E-state index is 11.8. The zero-order chi connectivity index (χ0) is 13.2. The van der Waals surface area contributed by atoms with E-state index >= 15 is 0 Å². The van der Waals surface area contributed by atoms with Gasteiger partial charge < -0.3 is 14.9 Å². The number of aliphatic carboxylic acids is 1. The van der Waals surface area contributed by atoms with Gasteiger partial charge in [-0.2, -0.15) is 0 Å². The number of amides is 1. The maximum Gasteiger partial charge on any atom is 0.411 e. The Bertz CT molecular complexity index is 309. The summed E-state index contributed by atoms with van der Waals surface area (Å²) in [7, 11) is 0. The van der Waals surface area contributed by atoms with E-state index in [1.807, 2.05) is 0 Å². The van der Waals surface area contributed by atoms with Crippen molar-refractivity contribution in [1.29, 1.82) is 0 Å². The summed E-state index contributed by atoms with van der Waals surface area (Å²) in [6, 6.07) is -1.01. The molecule has 6 heteroatoms. The standard InChI is InChI=1S/C11H19NO5/c1-11(2,3)17-10(16)12-5-4-7(13)6-8(12)9(14)15/h7-8,13H,4-6H2,1-3H3,(H,14,15)/t7-,8?/m1/s1. The van der Waals surface area contributed by atoms with Crippen molar-refractivity contribution in [3.05, 3.63) is 0 Å². The lowest BCUT2D eigenvalue weighted by atomic mass is 10.0. The van der Waals surface area contributed by atoms with Gasteiger partial charge in [0.1, 0.15) is 11.6 Å². The van der Waals surface area contributed by atoms with E-state index in [9.17, 15) is 14.7 Å². The molecule has 98 valence electrons. The second-order valence-corrected chi connectivity index (χ2v) is 5.21. The third-order valence-electron chi connectivity index (χ3n) is 2.49. The van der Waals surface area contributed by atoms with Gasteiger partial charge >= 0.3 is 12.1 Å². The Labute approximate surface area is 100 Å². The lowest BCUT2D eigenvalue weighted by Crippen LogP contribution is -2.52. The molecule has 1 saturated heterocycles. The summed E-state index contributed by atoms with van der Waals surface area (Å²) in [6.45, 7) is 5.37. The Hall–Kier alpha value is -1.30. The number of ether oxygens (including phenoxy) is 1. The average Bonchev–Trinajstić information content (AvgIpc) is 2.14. The van der Waals surface area contributed by atoms with Crippen LogP contribution in [0.3, 0.4) is 0 Å². The summed E-state index contributed by atoms with van der Waals surface area (Å²) < 4.78 is 5.13. The molecule has 0 aromatic heterocycles. The molecule has 0 spiro atoms. The number of nitrogens with zero attached hydrogens (tertiary/aromatic N) is 1. The monoisotopic (exact) mass is 245 g/mol. The summed E-state index contributed by atoms with van der Waals surface area (Å²) in [5, 5.41) is 18.4. The first-order chi connectivity index (χ1) is 7.70. The van der Waals surface area contributed by atoms with Gasteiger partial charge in [0.25, 0.3) is 0 Å². The van der Waals surface area contributed by atoms with Crippen molar-refractivity contribution in [1.82, 2.24) is 4.90 Å². The van der Waals surface area contributed by atoms with Crippen molar-refractivity contribution in [2.24, 2.45) is 0 Å². The number of rotatable bonds is 1. The normalized spacial score (nSPS) is 25.5. The molecule has 0 aliphatic carbocycles. The molecular weight excluding hydrogens is 226 g/mol. The first-order valence-corrected chi connectivity index (χ1v) is 5.61. The number of likely N-dealkylation sites (tertiary alicyclic amines) is 1. The molecule has 1 fully saturated rings. The van der Waals surface area contributed by atoms with Gasteiger partial charge in [0.2, 0.25) is 0 Å². The highest BCUT2D eigenvalue weighted by molar-refractivity contribution is 5.80. The minimum absolute atomic E-state index is 0.0502. The van der Waals surface area contributed by atoms with Crippen molar-refractivity contribution in [3.63, 3.8) is 0 Å². The Morgan fingerprint density at radius 2 is 1.94 bits per heavy atom. The van der Waals surface area contributed by atoms with Crippen LogP contribution in [0.2, 0.25) is 0 Å². The molecule has 0 bridgehead atoms. The molecule has 2 N–H and O–H groups in total. The van der Waals surface area contributed by atoms with E-state index in [0.717, 1.165) is 0 Å². The van der Waals surface area contributed by atoms with Crippen LogP contribution < -0.4 is 0 Å². The number of piperidine rings is 1. The Balaban J connectivity index is 2.73. The predicted molar refractivity (Wildman–Crippen MR) is 59.6 cm³/mol. The van der Waals surface area contributed by atoms with Gasteiger partial charge in [0, 0.05) is 13.0 Å². The van der Waals surface area contributed by atoms with Crippen molar-refractivity contribution in [3.8, 4) is 0 Å². The fourth-order valence-electron chi connectivity index (χ4n) is 1.72. The Morgan fingerprint density at radius 1 is 1.35 bits per heavy atom. The molecule has 2 atom stereocenters. The van der Waals surface area contributed by atoms with Crippen LogP contribution in [0.1, 0.15) is 33.6 Å². The zero-order valence-corrected chi connectivity index (χ0v) is 10.3. The van der Waals surface area contributed by atoms with Crippen molar-refractivity contribution in [2.45, 2.75) is 51.4 Å². The molecule has 0 saturated carbocycles. The molecule has 1 aliphatic heterocycles. The van der Waals surface area contributed by atoms with E-state index in [1.54, 1.807) is 20.8 Å². The van der Waals surface area contributed by atoms with Crippen LogP contribution in [-0.4, -0.2) is 51.5 Å². The molecule has 0 aromatic rings. The van der Waals surface area contributed by atoms with Crippen LogP contribution in [0.4, 0.5) is 4.79 Å². The SMILES string of the molecule is CC(C)(C)OC(=O)N1CC[C@@H](O)CC1C(=O)O. The minimum atomic E-state index is -1.12. The van der Waals surface area contributed by atoms with Crippen LogP contribution in [0.15, 0.2) is 0 Å². The molecule has 1 aliphatic rings. The first-order valence-electron chi connectivity index (χ1n) is 5.61. The second kappa shape index (κ2) is 4.91. The fourth-order valence-corrected chi connectivity index (χ4v) is 1.72. The first kappa shape index (κ1) is 13.8. The van der Waals surface area contributed by atoms with Crippen LogP contribution in [0.25, 0.3) is 0 Å². The summed E-state index contributed by atoms with van der Waals surface area (Å²) in [6.07, 6.45) is -0.885. The number of carbonyl (C=O) groups is 2. The number of hydrogen-bond acceptors (Lipinski definition) is 4. The summed E-state index contributed by atoms with van der Waals surface area (Å²) >= 11 is 0. The number of hydrogen-bond donors (Lipinski definition) is 2. The van der Waals surface area contributed by atoms with Crippen LogP contribution in [-0.2, 0) is 9.53 Å². The van der Waals surface area contributed by atoms with Gasteiger partial charge in [-0.3, -0.25) is 4.90 Å². The van der Waals surface area contributed by atoms with Gasteiger partial charge in [-0.25, -0.2) is 9.59 Å². The smallest absolute Gasteiger partial charge is 0.411 e. The molecule has 17 heavy (non-hydrogen) atoms. The van der Waals surface area contributed by atoms with E-state index in [1.165, 1.54) is 4.90 Å². The highest BCUT2D eigenvalue weighted by Gasteiger charge is 2.37. The van der Waals surface area contributed by atoms with Crippen molar-refractivity contribution in [2.75, 3.05) is 6.54 Å². The van der Waals surface area contributed by atoms with Gasteiger partial charge in [-0.05, 0) is 27.2 Å². The largest absolute Gasteiger partial charge is 0.480 e. The van der Waals surface area contributed by atoms with E-state index < -0.39 is 29.8 Å². The lowest BCUT2D eigenvalue weighted by Gasteiger charge is -2.36. The van der Waals surface area contributed by atoms with Gasteiger partial charge in [-0.1, -0.05) is 0 Å². The number of carboxylic acid groups (broad SMARTS) is 1. The third kappa shape index (κ3) is 3.89. The van der Waals surface area contributed by atoms with E-state index in [-0.39, 0.29) is 13.0 Å². The third-order valence-corrected chi connectivity index (χ3v) is 2.49. The average molecular weight is 245 g/mol. The number of aliphatic hydroxyl groups excluding tert-OH is 1. The Kier molecular flexibility index (Phi) is 3.98. The predicted octanol–water partition coefficient (Wildman–Crippen LogP) is 0.831. The van der Waals surface area contributed by atoms with Crippen LogP contribution in [0, 0.1) is 0 Å². The molecule has 1 rings (SSSR count). The van der Waals surface area contributed by atoms with E-state index in [4.69, 9.17) is 9.84 Å². The van der Waals surface area contributed by atoms with E-state index in [2.05, 4.69) is 0 Å². The minimum Gasteiger partial charge on any atom is -0.480 e. The molecule has 6 nitrogen and oxygen atoms in total. The molecule has 1 amide bonds. The summed E-state index contributed by atoms with van der Waals surface area (Å²) in [4.78, 5) is 24.0. The molecule has 1 unspecified atom stereocenters. The highest BCUT2D eigenvalue weighted by atomic mass is 16.6. The molecule has 0 aromatic carbocycles. The Morgan fingerprint density at radius 3 is 2.41 bits per heavy atom. The lowest BCUT2D eigenvalue weighted by molar-refractivity contribution is -0.146. The fraction of sp³-hybridized carbons (Fsp3) is 0.818. The molecule has 1 heterocycles. The van der Waals surface area contributed by atoms with Crippen molar-refractivity contribution >= 4 is 12.1 Å². The quantitative estimate of drug-likeness (QED) is 0.714. The summed E-state index contributed by atoms with van der Waals surface area (Å²) in [5.74, 6) is -1.12. The van der Waals surface area contributed by atoms with Gasteiger partial charge in [-0.15, -0.1) is 0 Å². The number of carboxylic acids is 1. The molecule has 0 radical (unpaired) electrons. The van der Waals surface area contributed by atoms with E-state index in [0.29, 0.717) is 6.42 Å². The second-order valence-electron chi connectivity index (χ2n) is 5.21. The molecular formula is C11H19NO5. The number of aliphatic hydroxyl groups is 1. The zero-order valence-electron chi connectivity index (χ0n) is 10.3. The van der Waals surface area contributed by atoms with Gasteiger partial charge in [0.05, 0.1) is 6.10 Å².